The predicted molar refractivity (Wildman–Crippen MR) is 124 cm³/mol. The summed E-state index contributed by atoms with van der Waals surface area (Å²) >= 11 is 0. The SMILES string of the molecule is COc1nc(N)nc2c1ncn2CCOCO[P+](=O)OCOCCn1cnc2c(OC)nc(N)nc21. The highest BCUT2D eigenvalue weighted by Crippen LogP contribution is 2.24. The minimum absolute atomic E-state index is 0.0685. The molecule has 0 bridgehead atoms. The first-order chi connectivity index (χ1) is 17.5. The maximum Gasteiger partial charge on any atom is 0.702 e. The van der Waals surface area contributed by atoms with E-state index in [1.165, 1.54) is 14.2 Å². The molecule has 4 heterocycles. The van der Waals surface area contributed by atoms with E-state index in [1.807, 2.05) is 0 Å². The lowest BCUT2D eigenvalue weighted by molar-refractivity contribution is -0.0205. The Bertz CT molecular complexity index is 1250. The van der Waals surface area contributed by atoms with Crippen molar-refractivity contribution >= 4 is 42.5 Å². The molecule has 4 rings (SSSR count). The van der Waals surface area contributed by atoms with E-state index in [-0.39, 0.29) is 50.5 Å². The van der Waals surface area contributed by atoms with Gasteiger partial charge in [-0.1, -0.05) is 9.05 Å². The van der Waals surface area contributed by atoms with E-state index in [0.717, 1.165) is 0 Å². The van der Waals surface area contributed by atoms with Gasteiger partial charge >= 0.3 is 8.25 Å². The largest absolute Gasteiger partial charge is 0.702 e. The fourth-order valence-electron chi connectivity index (χ4n) is 3.12. The molecule has 0 spiro atoms. The van der Waals surface area contributed by atoms with Crippen LogP contribution in [0.15, 0.2) is 12.7 Å². The zero-order valence-electron chi connectivity index (χ0n) is 19.4. The van der Waals surface area contributed by atoms with Gasteiger partial charge in [-0.05, 0) is 0 Å². The molecule has 0 amide bonds. The van der Waals surface area contributed by atoms with Gasteiger partial charge in [0.25, 0.3) is 0 Å². The molecule has 4 N–H and O–H groups in total. The predicted octanol–water partition coefficient (Wildman–Crippen LogP) is 0.487. The number of nitrogen functional groups attached to an aromatic ring is 2. The van der Waals surface area contributed by atoms with Crippen molar-refractivity contribution in [3.8, 4) is 11.8 Å². The molecule has 36 heavy (non-hydrogen) atoms. The highest BCUT2D eigenvalue weighted by Gasteiger charge is 2.20. The van der Waals surface area contributed by atoms with Crippen LogP contribution in [0.1, 0.15) is 0 Å². The maximum absolute atomic E-state index is 11.8. The Hall–Kier alpha value is -3.76. The number of nitrogens with zero attached hydrogens (tertiary/aromatic N) is 8. The first kappa shape index (κ1) is 25.3. The molecule has 0 radical (unpaired) electrons. The van der Waals surface area contributed by atoms with Crippen LogP contribution in [0, 0.1) is 0 Å². The van der Waals surface area contributed by atoms with Crippen molar-refractivity contribution in [2.24, 2.45) is 0 Å². The van der Waals surface area contributed by atoms with E-state index in [9.17, 15) is 4.57 Å². The van der Waals surface area contributed by atoms with E-state index < -0.39 is 8.25 Å². The van der Waals surface area contributed by atoms with E-state index in [1.54, 1.807) is 21.8 Å². The molecule has 0 atom stereocenters. The van der Waals surface area contributed by atoms with Crippen LogP contribution in [-0.4, -0.2) is 80.1 Å². The first-order valence-electron chi connectivity index (χ1n) is 10.4. The summed E-state index contributed by atoms with van der Waals surface area (Å²) in [6.45, 7) is 0.764. The number of ether oxygens (including phenoxy) is 4. The van der Waals surface area contributed by atoms with Crippen molar-refractivity contribution in [2.45, 2.75) is 13.1 Å². The Labute approximate surface area is 204 Å². The second kappa shape index (κ2) is 11.8. The standard InChI is InChI=1S/C18H24N10O7P/c1-30-15-11-13(23-17(19)25-15)27(7-21-11)3-5-32-9-34-36(29)35-10-33-6-4-28-8-22-12-14(28)24-18(20)26-16(12)31-2/h7-8H,3-6,9-10H2,1-2H3,(H2,19,23,25)(H2,20,24,26)/q+1. The fourth-order valence-corrected chi connectivity index (χ4v) is 3.52. The Morgan fingerprint density at radius 2 is 1.22 bits per heavy atom. The van der Waals surface area contributed by atoms with Gasteiger partial charge in [-0.3, -0.25) is 0 Å². The smallest absolute Gasteiger partial charge is 0.479 e. The topological polar surface area (TPSA) is 212 Å². The number of imidazole rings is 2. The Balaban J connectivity index is 1.12. The molecule has 0 saturated heterocycles. The van der Waals surface area contributed by atoms with E-state index >= 15 is 0 Å². The van der Waals surface area contributed by atoms with Gasteiger partial charge in [0.15, 0.2) is 22.3 Å². The molecule has 192 valence electrons. The molecule has 0 aliphatic heterocycles. The van der Waals surface area contributed by atoms with Crippen LogP contribution in [0.5, 0.6) is 11.8 Å². The van der Waals surface area contributed by atoms with E-state index in [4.69, 9.17) is 39.5 Å². The lowest BCUT2D eigenvalue weighted by atomic mass is 10.5. The van der Waals surface area contributed by atoms with Crippen molar-refractivity contribution < 1.29 is 32.6 Å². The Morgan fingerprint density at radius 3 is 1.64 bits per heavy atom. The third kappa shape index (κ3) is 5.89. The van der Waals surface area contributed by atoms with E-state index in [2.05, 4.69) is 29.9 Å². The number of rotatable bonds is 14. The van der Waals surface area contributed by atoms with Crippen LogP contribution < -0.4 is 20.9 Å². The number of hydrogen-bond donors (Lipinski definition) is 2. The quantitative estimate of drug-likeness (QED) is 0.131. The van der Waals surface area contributed by atoms with Gasteiger partial charge in [-0.25, -0.2) is 9.97 Å². The summed E-state index contributed by atoms with van der Waals surface area (Å²) in [5, 5.41) is 0. The van der Waals surface area contributed by atoms with Crippen molar-refractivity contribution in [1.82, 2.24) is 39.0 Å². The van der Waals surface area contributed by atoms with Crippen LogP contribution in [0.4, 0.5) is 11.9 Å². The Morgan fingerprint density at radius 1 is 0.778 bits per heavy atom. The van der Waals surface area contributed by atoms with Gasteiger partial charge in [0, 0.05) is 17.7 Å². The lowest BCUT2D eigenvalue weighted by Gasteiger charge is -2.05. The average Bonchev–Trinajstić information content (AvgIpc) is 3.46. The van der Waals surface area contributed by atoms with Crippen LogP contribution in [-0.2, 0) is 36.2 Å². The van der Waals surface area contributed by atoms with Crippen LogP contribution >= 0.6 is 8.25 Å². The van der Waals surface area contributed by atoms with Gasteiger partial charge in [-0.15, -0.1) is 0 Å². The molecule has 4 aromatic heterocycles. The number of aromatic nitrogens is 8. The molecule has 0 aliphatic rings. The monoisotopic (exact) mass is 523 g/mol. The second-order valence-electron chi connectivity index (χ2n) is 6.94. The number of nitrogens with two attached hydrogens (primary N) is 2. The van der Waals surface area contributed by atoms with Crippen molar-refractivity contribution in [1.29, 1.82) is 0 Å². The maximum atomic E-state index is 11.8. The summed E-state index contributed by atoms with van der Waals surface area (Å²) in [6, 6.07) is 0. The molecule has 17 nitrogen and oxygen atoms in total. The lowest BCUT2D eigenvalue weighted by Crippen LogP contribution is -2.09. The third-order valence-corrected chi connectivity index (χ3v) is 5.35. The normalized spacial score (nSPS) is 11.4. The van der Waals surface area contributed by atoms with Gasteiger partial charge < -0.3 is 39.5 Å². The average molecular weight is 523 g/mol. The van der Waals surface area contributed by atoms with Crippen molar-refractivity contribution in [3.63, 3.8) is 0 Å². The van der Waals surface area contributed by atoms with Crippen LogP contribution in [0.2, 0.25) is 0 Å². The van der Waals surface area contributed by atoms with Crippen LogP contribution in [0.25, 0.3) is 22.3 Å². The molecule has 0 aliphatic carbocycles. The van der Waals surface area contributed by atoms with Gasteiger partial charge in [0.1, 0.15) is 0 Å². The van der Waals surface area contributed by atoms with Gasteiger partial charge in [0.2, 0.25) is 37.2 Å². The minimum atomic E-state index is -2.43. The minimum Gasteiger partial charge on any atom is -0.479 e. The molecule has 0 unspecified atom stereocenters. The molecular formula is C18H24N10O7P+. The van der Waals surface area contributed by atoms with Gasteiger partial charge in [-0.2, -0.15) is 19.9 Å². The highest BCUT2D eigenvalue weighted by atomic mass is 31.1. The summed E-state index contributed by atoms with van der Waals surface area (Å²) in [7, 11) is 0.517. The Kier molecular flexibility index (Phi) is 8.29. The molecule has 18 heteroatoms. The fraction of sp³-hybridized carbons (Fsp3) is 0.444. The molecule has 0 fully saturated rings. The van der Waals surface area contributed by atoms with E-state index in [0.29, 0.717) is 35.4 Å². The third-order valence-electron chi connectivity index (χ3n) is 4.72. The summed E-state index contributed by atoms with van der Waals surface area (Å²) in [4.78, 5) is 24.7. The van der Waals surface area contributed by atoms with Crippen molar-refractivity contribution in [3.05, 3.63) is 12.7 Å². The number of hydrogen-bond acceptors (Lipinski definition) is 15. The number of anilines is 2. The summed E-state index contributed by atoms with van der Waals surface area (Å²) in [5.74, 6) is 0.709. The van der Waals surface area contributed by atoms with Crippen molar-refractivity contribution in [2.75, 3.05) is 52.5 Å². The molecule has 4 aromatic rings. The van der Waals surface area contributed by atoms with Crippen LogP contribution in [0.3, 0.4) is 0 Å². The number of fused-ring (bicyclic) bond motifs is 2. The highest BCUT2D eigenvalue weighted by molar-refractivity contribution is 7.33. The second-order valence-corrected chi connectivity index (χ2v) is 7.90. The summed E-state index contributed by atoms with van der Waals surface area (Å²) in [6.07, 6.45) is 3.13. The summed E-state index contributed by atoms with van der Waals surface area (Å²) < 4.78 is 46.2. The zero-order valence-corrected chi connectivity index (χ0v) is 20.3. The molecule has 0 aromatic carbocycles. The molecule has 0 saturated carbocycles. The number of methoxy groups -OCH3 is 2. The molecular weight excluding hydrogens is 499 g/mol. The summed E-state index contributed by atoms with van der Waals surface area (Å²) in [5.41, 5.74) is 13.4. The zero-order chi connectivity index (χ0) is 25.5. The van der Waals surface area contributed by atoms with Gasteiger partial charge in [0.05, 0.1) is 40.1 Å². The first-order valence-corrected chi connectivity index (χ1v) is 11.5.